The maximum Gasteiger partial charge on any atom is 0.0356 e. The van der Waals surface area contributed by atoms with E-state index in [0.29, 0.717) is 11.5 Å². The minimum Gasteiger partial charge on any atom is -0.251 e. The molecule has 12 heavy (non-hydrogen) atoms. The van der Waals surface area contributed by atoms with E-state index in [2.05, 4.69) is 50.1 Å². The molecule has 0 amide bonds. The molecule has 0 aliphatic carbocycles. The second-order valence-electron chi connectivity index (χ2n) is 4.39. The van der Waals surface area contributed by atoms with E-state index in [1.54, 1.807) is 0 Å². The van der Waals surface area contributed by atoms with Crippen molar-refractivity contribution in [3.8, 4) is 0 Å². The van der Waals surface area contributed by atoms with Crippen LogP contribution < -0.4 is 5.43 Å². The van der Waals surface area contributed by atoms with Crippen molar-refractivity contribution in [3.63, 3.8) is 0 Å². The van der Waals surface area contributed by atoms with Crippen LogP contribution >= 0.6 is 11.8 Å². The van der Waals surface area contributed by atoms with Gasteiger partial charge in [0.05, 0.1) is 0 Å². The van der Waals surface area contributed by atoms with E-state index in [0.717, 1.165) is 0 Å². The summed E-state index contributed by atoms with van der Waals surface area (Å²) < 4.78 is 0. The highest BCUT2D eigenvalue weighted by Crippen LogP contribution is 2.33. The lowest BCUT2D eigenvalue weighted by Crippen LogP contribution is -2.51. The predicted molar refractivity (Wildman–Crippen MR) is 56.3 cm³/mol. The summed E-state index contributed by atoms with van der Waals surface area (Å²) in [6.45, 7) is 4.71. The molecule has 0 bridgehead atoms. The highest BCUT2D eigenvalue weighted by atomic mass is 32.2. The quantitative estimate of drug-likeness (QED) is 0.662. The third kappa shape index (κ3) is 2.64. The second kappa shape index (κ2) is 3.99. The minimum atomic E-state index is 0.454. The van der Waals surface area contributed by atoms with Gasteiger partial charge in [-0.2, -0.15) is 11.8 Å². The van der Waals surface area contributed by atoms with Gasteiger partial charge in [-0.25, -0.2) is 0 Å². The predicted octanol–water partition coefficient (Wildman–Crippen LogP) is 1.58. The molecule has 1 saturated heterocycles. The summed E-state index contributed by atoms with van der Waals surface area (Å²) in [5, 5.41) is 2.07. The fourth-order valence-corrected chi connectivity index (χ4v) is 3.06. The molecule has 0 spiro atoms. The van der Waals surface area contributed by atoms with Crippen LogP contribution in [0.2, 0.25) is 0 Å². The first-order valence-corrected chi connectivity index (χ1v) is 5.69. The first-order chi connectivity index (χ1) is 5.52. The van der Waals surface area contributed by atoms with Gasteiger partial charge >= 0.3 is 0 Å². The van der Waals surface area contributed by atoms with Gasteiger partial charge in [-0.05, 0) is 17.6 Å². The number of nitrogens with one attached hydrogen (secondary N) is 1. The average molecular weight is 188 g/mol. The van der Waals surface area contributed by atoms with Crippen LogP contribution in [-0.4, -0.2) is 36.7 Å². The molecule has 0 radical (unpaired) electrons. The van der Waals surface area contributed by atoms with E-state index in [1.807, 2.05) is 0 Å². The smallest absolute Gasteiger partial charge is 0.0356 e. The summed E-state index contributed by atoms with van der Waals surface area (Å²) in [6.07, 6.45) is 1.32. The van der Waals surface area contributed by atoms with Crippen LogP contribution in [0.15, 0.2) is 0 Å². The Balaban J connectivity index is 2.48. The summed E-state index contributed by atoms with van der Waals surface area (Å²) in [7, 11) is 4.13. The van der Waals surface area contributed by atoms with Crippen molar-refractivity contribution in [3.05, 3.63) is 0 Å². The van der Waals surface area contributed by atoms with Crippen molar-refractivity contribution < 1.29 is 0 Å². The van der Waals surface area contributed by atoms with Crippen LogP contribution in [-0.2, 0) is 0 Å². The minimum absolute atomic E-state index is 0.454. The zero-order chi connectivity index (χ0) is 9.19. The summed E-state index contributed by atoms with van der Waals surface area (Å²) in [5.74, 6) is 2.56. The Kier molecular flexibility index (Phi) is 3.44. The summed E-state index contributed by atoms with van der Waals surface area (Å²) in [4.78, 5) is 0. The van der Waals surface area contributed by atoms with Gasteiger partial charge in [-0.15, -0.1) is 0 Å². The lowest BCUT2D eigenvalue weighted by Gasteiger charge is -2.40. The first kappa shape index (κ1) is 10.4. The number of rotatable bonds is 2. The van der Waals surface area contributed by atoms with Gasteiger partial charge in [0.1, 0.15) is 0 Å². The van der Waals surface area contributed by atoms with Crippen molar-refractivity contribution in [2.45, 2.75) is 26.3 Å². The molecule has 3 heteroatoms. The molecule has 72 valence electrons. The number of hydrogen-bond donors (Lipinski definition) is 1. The topological polar surface area (TPSA) is 15.3 Å². The Bertz CT molecular complexity index is 145. The summed E-state index contributed by atoms with van der Waals surface area (Å²) in [6, 6.07) is 0.631. The Hall–Kier alpha value is 0.270. The molecule has 1 rings (SSSR count). The number of nitrogens with zero attached hydrogens (tertiary/aromatic N) is 1. The molecule has 1 atom stereocenters. The van der Waals surface area contributed by atoms with Gasteiger partial charge in [0.25, 0.3) is 0 Å². The molecule has 1 fully saturated rings. The molecular formula is C9H20N2S. The molecule has 0 aromatic carbocycles. The van der Waals surface area contributed by atoms with Gasteiger partial charge < -0.3 is 0 Å². The van der Waals surface area contributed by atoms with Gasteiger partial charge in [0.2, 0.25) is 0 Å². The van der Waals surface area contributed by atoms with Crippen LogP contribution in [0.3, 0.4) is 0 Å². The van der Waals surface area contributed by atoms with Gasteiger partial charge in [0, 0.05) is 25.9 Å². The van der Waals surface area contributed by atoms with Gasteiger partial charge in [-0.1, -0.05) is 13.8 Å². The number of thioether (sulfide) groups is 1. The molecular weight excluding hydrogens is 168 g/mol. The molecule has 0 aromatic heterocycles. The first-order valence-electron chi connectivity index (χ1n) is 4.53. The summed E-state index contributed by atoms with van der Waals surface area (Å²) in [5.41, 5.74) is 3.94. The highest BCUT2D eigenvalue weighted by Gasteiger charge is 2.32. The molecule has 1 N–H and O–H groups in total. The molecule has 1 aliphatic rings. The normalized spacial score (nSPS) is 29.2. The SMILES string of the molecule is CN(C)NC1CSCCC1(C)C. The van der Waals surface area contributed by atoms with E-state index in [9.17, 15) is 0 Å². The van der Waals surface area contributed by atoms with Crippen molar-refractivity contribution >= 4 is 11.8 Å². The van der Waals surface area contributed by atoms with Crippen LogP contribution in [0.5, 0.6) is 0 Å². The van der Waals surface area contributed by atoms with Crippen LogP contribution in [0, 0.1) is 5.41 Å². The number of hydrogen-bond acceptors (Lipinski definition) is 3. The lowest BCUT2D eigenvalue weighted by molar-refractivity contribution is 0.150. The third-order valence-corrected chi connectivity index (χ3v) is 3.59. The monoisotopic (exact) mass is 188 g/mol. The molecule has 1 unspecified atom stereocenters. The Morgan fingerprint density at radius 3 is 2.58 bits per heavy atom. The fourth-order valence-electron chi connectivity index (χ4n) is 1.46. The molecule has 1 heterocycles. The van der Waals surface area contributed by atoms with Gasteiger partial charge in [0.15, 0.2) is 0 Å². The lowest BCUT2D eigenvalue weighted by atomic mass is 9.82. The van der Waals surface area contributed by atoms with Crippen LogP contribution in [0.25, 0.3) is 0 Å². The van der Waals surface area contributed by atoms with Crippen molar-refractivity contribution in [2.75, 3.05) is 25.6 Å². The number of hydrazine groups is 1. The fraction of sp³-hybridized carbons (Fsp3) is 1.00. The van der Waals surface area contributed by atoms with E-state index in [-0.39, 0.29) is 0 Å². The molecule has 1 aliphatic heterocycles. The van der Waals surface area contributed by atoms with E-state index >= 15 is 0 Å². The van der Waals surface area contributed by atoms with Crippen LogP contribution in [0.4, 0.5) is 0 Å². The van der Waals surface area contributed by atoms with E-state index in [1.165, 1.54) is 17.9 Å². The molecule has 2 nitrogen and oxygen atoms in total. The second-order valence-corrected chi connectivity index (χ2v) is 5.54. The van der Waals surface area contributed by atoms with E-state index < -0.39 is 0 Å². The van der Waals surface area contributed by atoms with Crippen molar-refractivity contribution in [1.29, 1.82) is 0 Å². The highest BCUT2D eigenvalue weighted by molar-refractivity contribution is 7.99. The van der Waals surface area contributed by atoms with Crippen LogP contribution in [0.1, 0.15) is 20.3 Å². The zero-order valence-electron chi connectivity index (χ0n) is 8.55. The Morgan fingerprint density at radius 2 is 2.08 bits per heavy atom. The molecule has 0 aromatic rings. The Morgan fingerprint density at radius 1 is 1.42 bits per heavy atom. The maximum absolute atomic E-state index is 3.48. The Labute approximate surface area is 80.1 Å². The van der Waals surface area contributed by atoms with Crippen molar-refractivity contribution in [1.82, 2.24) is 10.4 Å². The van der Waals surface area contributed by atoms with Gasteiger partial charge in [-0.3, -0.25) is 10.4 Å². The van der Waals surface area contributed by atoms with E-state index in [4.69, 9.17) is 0 Å². The summed E-state index contributed by atoms with van der Waals surface area (Å²) >= 11 is 2.06. The zero-order valence-corrected chi connectivity index (χ0v) is 9.37. The average Bonchev–Trinajstić information content (AvgIpc) is 1.92. The largest absolute Gasteiger partial charge is 0.251 e. The standard InChI is InChI=1S/C9H20N2S/c1-9(2)5-6-12-7-8(9)10-11(3)4/h8,10H,5-7H2,1-4H3. The third-order valence-electron chi connectivity index (χ3n) is 2.53. The molecule has 0 saturated carbocycles. The van der Waals surface area contributed by atoms with Crippen molar-refractivity contribution in [2.24, 2.45) is 5.41 Å². The maximum atomic E-state index is 3.48.